The molecule has 0 amide bonds. The van der Waals surface area contributed by atoms with Crippen molar-refractivity contribution in [3.05, 3.63) is 78.0 Å². The van der Waals surface area contributed by atoms with E-state index in [-0.39, 0.29) is 5.78 Å². The summed E-state index contributed by atoms with van der Waals surface area (Å²) in [5, 5.41) is 2.71. The number of aromatic nitrogens is 1. The van der Waals surface area contributed by atoms with Gasteiger partial charge in [-0.2, -0.15) is 0 Å². The van der Waals surface area contributed by atoms with Gasteiger partial charge in [-0.15, -0.1) is 0 Å². The molecular formula is C21H15NO3. The van der Waals surface area contributed by atoms with Crippen LogP contribution in [0, 0.1) is 0 Å². The van der Waals surface area contributed by atoms with E-state index in [1.54, 1.807) is 18.3 Å². The summed E-state index contributed by atoms with van der Waals surface area (Å²) in [7, 11) is 0. The van der Waals surface area contributed by atoms with Crippen LogP contribution in [0.15, 0.2) is 66.9 Å². The molecule has 0 saturated carbocycles. The highest BCUT2D eigenvalue weighted by Crippen LogP contribution is 2.31. The van der Waals surface area contributed by atoms with Crippen molar-refractivity contribution >= 4 is 33.4 Å². The van der Waals surface area contributed by atoms with Crippen molar-refractivity contribution in [3.63, 3.8) is 0 Å². The fourth-order valence-corrected chi connectivity index (χ4v) is 3.06. The number of benzene rings is 3. The summed E-state index contributed by atoms with van der Waals surface area (Å²) in [5.74, 6) is -0.148. The van der Waals surface area contributed by atoms with Crippen LogP contribution < -0.4 is 4.74 Å². The summed E-state index contributed by atoms with van der Waals surface area (Å²) in [5.41, 5.74) is 1.84. The summed E-state index contributed by atoms with van der Waals surface area (Å²) in [6.45, 7) is 1.34. The number of carbonyl (C=O) groups is 2. The first-order valence-electron chi connectivity index (χ1n) is 7.95. The standard InChI is InChI=1S/C21H15NO3/c1-13(23)25-19-8-4-7-18-20(19)17(12-22-18)21(24)16-10-9-14-5-2-3-6-15(14)11-16/h2-12,22H,1H3. The third-order valence-electron chi connectivity index (χ3n) is 4.18. The van der Waals surface area contributed by atoms with Crippen molar-refractivity contribution in [3.8, 4) is 5.75 Å². The predicted molar refractivity (Wildman–Crippen MR) is 97.0 cm³/mol. The summed E-state index contributed by atoms with van der Waals surface area (Å²) < 4.78 is 5.27. The van der Waals surface area contributed by atoms with Crippen molar-refractivity contribution in [2.75, 3.05) is 0 Å². The number of hydrogen-bond acceptors (Lipinski definition) is 3. The van der Waals surface area contributed by atoms with Gasteiger partial charge in [-0.3, -0.25) is 9.59 Å². The molecular weight excluding hydrogens is 314 g/mol. The highest BCUT2D eigenvalue weighted by molar-refractivity contribution is 6.18. The Morgan fingerprint density at radius 2 is 1.72 bits per heavy atom. The zero-order valence-corrected chi connectivity index (χ0v) is 13.6. The number of aromatic amines is 1. The van der Waals surface area contributed by atoms with Crippen molar-refractivity contribution in [2.24, 2.45) is 0 Å². The summed E-state index contributed by atoms with van der Waals surface area (Å²) >= 11 is 0. The Balaban J connectivity index is 1.85. The van der Waals surface area contributed by atoms with Crippen molar-refractivity contribution in [2.45, 2.75) is 6.92 Å². The molecule has 0 aliphatic carbocycles. The van der Waals surface area contributed by atoms with Gasteiger partial charge in [0.2, 0.25) is 0 Å². The minimum absolute atomic E-state index is 0.114. The molecule has 0 atom stereocenters. The number of rotatable bonds is 3. The number of nitrogens with one attached hydrogen (secondary N) is 1. The van der Waals surface area contributed by atoms with Crippen LogP contribution in [0.4, 0.5) is 0 Å². The summed E-state index contributed by atoms with van der Waals surface area (Å²) in [6.07, 6.45) is 1.66. The SMILES string of the molecule is CC(=O)Oc1cccc2[nH]cc(C(=O)c3ccc4ccccc4c3)c12. The van der Waals surface area contributed by atoms with Crippen LogP contribution in [0.5, 0.6) is 5.75 Å². The van der Waals surface area contributed by atoms with Gasteiger partial charge in [0, 0.05) is 24.2 Å². The Morgan fingerprint density at radius 3 is 2.52 bits per heavy atom. The Labute approximate surface area is 144 Å². The Morgan fingerprint density at radius 1 is 0.920 bits per heavy atom. The highest BCUT2D eigenvalue weighted by atomic mass is 16.5. The van der Waals surface area contributed by atoms with E-state index in [0.717, 1.165) is 16.3 Å². The van der Waals surface area contributed by atoms with E-state index < -0.39 is 5.97 Å². The van der Waals surface area contributed by atoms with E-state index in [2.05, 4.69) is 4.98 Å². The van der Waals surface area contributed by atoms with Crippen molar-refractivity contribution in [1.82, 2.24) is 4.98 Å². The smallest absolute Gasteiger partial charge is 0.308 e. The van der Waals surface area contributed by atoms with E-state index in [4.69, 9.17) is 4.74 Å². The van der Waals surface area contributed by atoms with E-state index in [9.17, 15) is 9.59 Å². The molecule has 0 aliphatic heterocycles. The molecule has 25 heavy (non-hydrogen) atoms. The zero-order chi connectivity index (χ0) is 17.4. The van der Waals surface area contributed by atoms with Crippen molar-refractivity contribution in [1.29, 1.82) is 0 Å². The van der Waals surface area contributed by atoms with Gasteiger partial charge >= 0.3 is 5.97 Å². The second kappa shape index (κ2) is 5.91. The van der Waals surface area contributed by atoms with Gasteiger partial charge in [0.15, 0.2) is 5.78 Å². The molecule has 0 radical (unpaired) electrons. The molecule has 4 aromatic rings. The van der Waals surface area contributed by atoms with Gasteiger partial charge in [-0.25, -0.2) is 0 Å². The number of carbonyl (C=O) groups excluding carboxylic acids is 2. The number of fused-ring (bicyclic) bond motifs is 2. The molecule has 0 saturated heterocycles. The summed E-state index contributed by atoms with van der Waals surface area (Å²) in [6, 6.07) is 18.8. The minimum Gasteiger partial charge on any atom is -0.426 e. The lowest BCUT2D eigenvalue weighted by Gasteiger charge is -2.06. The van der Waals surface area contributed by atoms with Crippen LogP contribution in [-0.4, -0.2) is 16.7 Å². The number of esters is 1. The van der Waals surface area contributed by atoms with Crippen molar-refractivity contribution < 1.29 is 14.3 Å². The fraction of sp³-hybridized carbons (Fsp3) is 0.0476. The molecule has 0 spiro atoms. The molecule has 122 valence electrons. The molecule has 4 rings (SSSR count). The van der Waals surface area contributed by atoms with Gasteiger partial charge in [-0.1, -0.05) is 42.5 Å². The van der Waals surface area contributed by atoms with Crippen LogP contribution in [0.25, 0.3) is 21.7 Å². The maximum absolute atomic E-state index is 13.0. The Kier molecular flexibility index (Phi) is 3.58. The molecule has 0 fully saturated rings. The molecule has 3 aromatic carbocycles. The monoisotopic (exact) mass is 329 g/mol. The van der Waals surface area contributed by atoms with Gasteiger partial charge in [-0.05, 0) is 29.0 Å². The number of hydrogen-bond donors (Lipinski definition) is 1. The zero-order valence-electron chi connectivity index (χ0n) is 13.6. The molecule has 0 bridgehead atoms. The van der Waals surface area contributed by atoms with E-state index in [0.29, 0.717) is 22.3 Å². The maximum atomic E-state index is 13.0. The molecule has 4 heteroatoms. The third-order valence-corrected chi connectivity index (χ3v) is 4.18. The topological polar surface area (TPSA) is 59.2 Å². The lowest BCUT2D eigenvalue weighted by atomic mass is 9.99. The predicted octanol–water partition coefficient (Wildman–Crippen LogP) is 4.48. The number of H-pyrrole nitrogens is 1. The largest absolute Gasteiger partial charge is 0.426 e. The lowest BCUT2D eigenvalue weighted by Crippen LogP contribution is -2.04. The summed E-state index contributed by atoms with van der Waals surface area (Å²) in [4.78, 5) is 27.5. The second-order valence-electron chi connectivity index (χ2n) is 5.87. The second-order valence-corrected chi connectivity index (χ2v) is 5.87. The first-order valence-corrected chi connectivity index (χ1v) is 7.95. The normalized spacial score (nSPS) is 10.9. The number of ketones is 1. The van der Waals surface area contributed by atoms with Gasteiger partial charge in [0.25, 0.3) is 0 Å². The molecule has 1 N–H and O–H groups in total. The van der Waals surface area contributed by atoms with Crippen LogP contribution >= 0.6 is 0 Å². The third kappa shape index (κ3) is 2.68. The first kappa shape index (κ1) is 15.1. The van der Waals surface area contributed by atoms with Crippen LogP contribution in [0.1, 0.15) is 22.8 Å². The molecule has 4 nitrogen and oxygen atoms in total. The van der Waals surface area contributed by atoms with Crippen LogP contribution in [0.2, 0.25) is 0 Å². The molecule has 0 unspecified atom stereocenters. The quantitative estimate of drug-likeness (QED) is 0.342. The maximum Gasteiger partial charge on any atom is 0.308 e. The molecule has 1 aromatic heterocycles. The lowest BCUT2D eigenvalue weighted by molar-refractivity contribution is -0.131. The van der Waals surface area contributed by atoms with E-state index in [1.165, 1.54) is 6.92 Å². The van der Waals surface area contributed by atoms with Gasteiger partial charge < -0.3 is 9.72 Å². The van der Waals surface area contributed by atoms with E-state index >= 15 is 0 Å². The van der Waals surface area contributed by atoms with Gasteiger partial charge in [0.1, 0.15) is 5.75 Å². The average molecular weight is 329 g/mol. The minimum atomic E-state index is -0.419. The Hall–Kier alpha value is -3.40. The average Bonchev–Trinajstić information content (AvgIpc) is 3.05. The fourth-order valence-electron chi connectivity index (χ4n) is 3.06. The van der Waals surface area contributed by atoms with Crippen LogP contribution in [-0.2, 0) is 4.79 Å². The van der Waals surface area contributed by atoms with Crippen LogP contribution in [0.3, 0.4) is 0 Å². The number of ether oxygens (including phenoxy) is 1. The van der Waals surface area contributed by atoms with Gasteiger partial charge in [0.05, 0.1) is 10.9 Å². The molecule has 0 aliphatic rings. The van der Waals surface area contributed by atoms with E-state index in [1.807, 2.05) is 48.5 Å². The first-order chi connectivity index (χ1) is 12.1. The highest BCUT2D eigenvalue weighted by Gasteiger charge is 2.18. The Bertz CT molecular complexity index is 1120. The molecule has 1 heterocycles.